The van der Waals surface area contributed by atoms with E-state index in [2.05, 4.69) is 20.0 Å². The van der Waals surface area contributed by atoms with Crippen molar-refractivity contribution in [2.24, 2.45) is 7.05 Å². The lowest BCUT2D eigenvalue weighted by Crippen LogP contribution is -2.25. The van der Waals surface area contributed by atoms with Crippen molar-refractivity contribution in [2.75, 3.05) is 6.54 Å². The third-order valence-corrected chi connectivity index (χ3v) is 4.68. The van der Waals surface area contributed by atoms with Gasteiger partial charge in [0.25, 0.3) is 0 Å². The lowest BCUT2D eigenvalue weighted by atomic mass is 10.2. The van der Waals surface area contributed by atoms with Crippen molar-refractivity contribution in [3.8, 4) is 0 Å². The fourth-order valence-corrected chi connectivity index (χ4v) is 3.53. The number of H-pyrrole nitrogens is 1. The summed E-state index contributed by atoms with van der Waals surface area (Å²) in [5, 5.41) is 5.06. The maximum Gasteiger partial charge on any atom is 0.147 e. The monoisotopic (exact) mass is 330 g/mol. The van der Waals surface area contributed by atoms with Crippen LogP contribution in [0.3, 0.4) is 0 Å². The van der Waals surface area contributed by atoms with Crippen LogP contribution in [0.2, 0.25) is 5.02 Å². The summed E-state index contributed by atoms with van der Waals surface area (Å²) >= 11 is 6.07. The minimum Gasteiger partial charge on any atom is -0.341 e. The molecule has 0 radical (unpaired) electrons. The lowest BCUT2D eigenvalue weighted by molar-refractivity contribution is 0.232. The second-order valence-electron chi connectivity index (χ2n) is 6.11. The molecule has 3 heterocycles. The second-order valence-corrected chi connectivity index (χ2v) is 6.55. The number of nitrogens with zero attached hydrogens (tertiary/aromatic N) is 5. The molecule has 0 bridgehead atoms. The summed E-state index contributed by atoms with van der Waals surface area (Å²) in [7, 11) is 1.95. The van der Waals surface area contributed by atoms with Crippen LogP contribution in [-0.2, 0) is 13.6 Å². The second kappa shape index (κ2) is 5.62. The van der Waals surface area contributed by atoms with Crippen LogP contribution in [-0.4, -0.2) is 36.2 Å². The largest absolute Gasteiger partial charge is 0.341 e. The highest BCUT2D eigenvalue weighted by Crippen LogP contribution is 2.32. The van der Waals surface area contributed by atoms with Crippen LogP contribution < -0.4 is 0 Å². The molecular formula is C16H19ClN6. The van der Waals surface area contributed by atoms with Gasteiger partial charge in [-0.15, -0.1) is 0 Å². The standard InChI is InChI=1S/C16H19ClN6/c1-10-18-15(22(2)21-10)9-23-7-3-4-14(23)16-19-12-6-5-11(17)8-13(12)20-16/h5-6,8,14H,3-4,7,9H2,1-2H3,(H,19,20)/t14-/m1/s1. The fourth-order valence-electron chi connectivity index (χ4n) is 3.36. The molecule has 1 fully saturated rings. The van der Waals surface area contributed by atoms with Crippen molar-refractivity contribution in [1.82, 2.24) is 29.6 Å². The van der Waals surface area contributed by atoms with Crippen LogP contribution in [0.4, 0.5) is 0 Å². The zero-order valence-electron chi connectivity index (χ0n) is 13.3. The number of nitrogens with one attached hydrogen (secondary N) is 1. The van der Waals surface area contributed by atoms with Gasteiger partial charge >= 0.3 is 0 Å². The van der Waals surface area contributed by atoms with E-state index in [-0.39, 0.29) is 6.04 Å². The molecule has 23 heavy (non-hydrogen) atoms. The fraction of sp³-hybridized carbons (Fsp3) is 0.438. The highest BCUT2D eigenvalue weighted by Gasteiger charge is 2.29. The van der Waals surface area contributed by atoms with Crippen molar-refractivity contribution >= 4 is 22.6 Å². The van der Waals surface area contributed by atoms with E-state index in [0.717, 1.165) is 53.0 Å². The van der Waals surface area contributed by atoms with Gasteiger partial charge in [-0.3, -0.25) is 9.58 Å². The van der Waals surface area contributed by atoms with E-state index >= 15 is 0 Å². The van der Waals surface area contributed by atoms with Crippen LogP contribution >= 0.6 is 11.6 Å². The number of hydrogen-bond acceptors (Lipinski definition) is 4. The summed E-state index contributed by atoms with van der Waals surface area (Å²) in [5.41, 5.74) is 1.96. The summed E-state index contributed by atoms with van der Waals surface area (Å²) in [6.45, 7) is 3.77. The Morgan fingerprint density at radius 1 is 1.35 bits per heavy atom. The Kier molecular flexibility index (Phi) is 3.58. The molecular weight excluding hydrogens is 312 g/mol. The van der Waals surface area contributed by atoms with Gasteiger partial charge in [0.05, 0.1) is 23.6 Å². The van der Waals surface area contributed by atoms with Gasteiger partial charge in [0.15, 0.2) is 0 Å². The number of halogens is 1. The molecule has 1 aromatic carbocycles. The van der Waals surface area contributed by atoms with E-state index in [9.17, 15) is 0 Å². The maximum absolute atomic E-state index is 6.07. The molecule has 0 spiro atoms. The van der Waals surface area contributed by atoms with Crippen LogP contribution in [0.25, 0.3) is 11.0 Å². The molecule has 1 atom stereocenters. The van der Waals surface area contributed by atoms with Gasteiger partial charge in [0, 0.05) is 12.1 Å². The first-order chi connectivity index (χ1) is 11.1. The predicted octanol–water partition coefficient (Wildman–Crippen LogP) is 2.99. The van der Waals surface area contributed by atoms with E-state index < -0.39 is 0 Å². The van der Waals surface area contributed by atoms with Crippen LogP contribution in [0.15, 0.2) is 18.2 Å². The number of rotatable bonds is 3. The Morgan fingerprint density at radius 3 is 3.00 bits per heavy atom. The first kappa shape index (κ1) is 14.7. The molecule has 120 valence electrons. The molecule has 1 aliphatic heterocycles. The summed E-state index contributed by atoms with van der Waals surface area (Å²) in [4.78, 5) is 15.1. The molecule has 3 aromatic rings. The Balaban J connectivity index is 1.62. The van der Waals surface area contributed by atoms with Crippen LogP contribution in [0.5, 0.6) is 0 Å². The number of imidazole rings is 1. The Bertz CT molecular complexity index is 851. The molecule has 6 nitrogen and oxygen atoms in total. The molecule has 1 aliphatic rings. The van der Waals surface area contributed by atoms with Gasteiger partial charge in [-0.1, -0.05) is 11.6 Å². The maximum atomic E-state index is 6.07. The topological polar surface area (TPSA) is 62.6 Å². The number of aryl methyl sites for hydroxylation is 2. The zero-order valence-corrected chi connectivity index (χ0v) is 14.0. The Hall–Kier alpha value is -1.92. The third-order valence-electron chi connectivity index (χ3n) is 4.45. The number of likely N-dealkylation sites (tertiary alicyclic amines) is 1. The van der Waals surface area contributed by atoms with Gasteiger partial charge in [0.1, 0.15) is 17.5 Å². The molecule has 1 saturated heterocycles. The Labute approximate surface area is 139 Å². The molecule has 0 aliphatic carbocycles. The predicted molar refractivity (Wildman–Crippen MR) is 89.2 cm³/mol. The Morgan fingerprint density at radius 2 is 2.22 bits per heavy atom. The highest BCUT2D eigenvalue weighted by atomic mass is 35.5. The van der Waals surface area contributed by atoms with Crippen molar-refractivity contribution in [3.63, 3.8) is 0 Å². The zero-order chi connectivity index (χ0) is 16.0. The summed E-state index contributed by atoms with van der Waals surface area (Å²) in [5.74, 6) is 2.82. The number of fused-ring (bicyclic) bond motifs is 1. The minimum absolute atomic E-state index is 0.290. The smallest absolute Gasteiger partial charge is 0.147 e. The molecule has 1 N–H and O–H groups in total. The molecule has 7 heteroatoms. The molecule has 2 aromatic heterocycles. The molecule has 0 amide bonds. The SMILES string of the molecule is Cc1nc(CN2CCC[C@@H]2c2nc3ccc(Cl)cc3[nH]2)n(C)n1. The molecule has 0 saturated carbocycles. The molecule has 4 rings (SSSR count). The highest BCUT2D eigenvalue weighted by molar-refractivity contribution is 6.31. The summed E-state index contributed by atoms with van der Waals surface area (Å²) in [6, 6.07) is 6.06. The average Bonchev–Trinajstić information content (AvgIpc) is 3.18. The van der Waals surface area contributed by atoms with Crippen LogP contribution in [0.1, 0.15) is 36.4 Å². The van der Waals surface area contributed by atoms with Gasteiger partial charge < -0.3 is 4.98 Å². The van der Waals surface area contributed by atoms with E-state index in [4.69, 9.17) is 16.6 Å². The molecule has 0 unspecified atom stereocenters. The van der Waals surface area contributed by atoms with E-state index in [1.54, 1.807) is 0 Å². The number of benzene rings is 1. The summed E-state index contributed by atoms with van der Waals surface area (Å²) < 4.78 is 1.86. The normalized spacial score (nSPS) is 19.0. The first-order valence-corrected chi connectivity index (χ1v) is 8.23. The average molecular weight is 331 g/mol. The quantitative estimate of drug-likeness (QED) is 0.802. The first-order valence-electron chi connectivity index (χ1n) is 7.86. The third kappa shape index (κ3) is 2.72. The van der Waals surface area contributed by atoms with Crippen molar-refractivity contribution in [1.29, 1.82) is 0 Å². The summed E-state index contributed by atoms with van der Waals surface area (Å²) in [6.07, 6.45) is 2.27. The van der Waals surface area contributed by atoms with E-state index in [0.29, 0.717) is 0 Å². The number of aromatic nitrogens is 5. The minimum atomic E-state index is 0.290. The van der Waals surface area contributed by atoms with E-state index in [1.807, 2.05) is 36.9 Å². The number of hydrogen-bond donors (Lipinski definition) is 1. The van der Waals surface area contributed by atoms with Gasteiger partial charge in [-0.05, 0) is 44.5 Å². The van der Waals surface area contributed by atoms with Gasteiger partial charge in [-0.25, -0.2) is 9.97 Å². The van der Waals surface area contributed by atoms with Gasteiger partial charge in [0.2, 0.25) is 0 Å². The lowest BCUT2D eigenvalue weighted by Gasteiger charge is -2.22. The van der Waals surface area contributed by atoms with Crippen molar-refractivity contribution in [2.45, 2.75) is 32.4 Å². The van der Waals surface area contributed by atoms with Gasteiger partial charge in [-0.2, -0.15) is 5.10 Å². The van der Waals surface area contributed by atoms with Crippen LogP contribution in [0, 0.1) is 6.92 Å². The van der Waals surface area contributed by atoms with Crippen molar-refractivity contribution < 1.29 is 0 Å². The van der Waals surface area contributed by atoms with Crippen molar-refractivity contribution in [3.05, 3.63) is 40.7 Å². The van der Waals surface area contributed by atoms with E-state index in [1.165, 1.54) is 6.42 Å². The number of aromatic amines is 1.